The number of carboxylic acids is 1. The van der Waals surface area contributed by atoms with E-state index in [1.165, 1.54) is 0 Å². The summed E-state index contributed by atoms with van der Waals surface area (Å²) in [7, 11) is 0. The quantitative estimate of drug-likeness (QED) is 0.358. The number of aliphatic carboxylic acids is 1. The van der Waals surface area contributed by atoms with Crippen molar-refractivity contribution < 1.29 is 20.1 Å². The van der Waals surface area contributed by atoms with Gasteiger partial charge in [0.1, 0.15) is 0 Å². The fraction of sp³-hybridized carbons (Fsp3) is 0.762. The molecule has 1 aliphatic rings. The van der Waals surface area contributed by atoms with Crippen LogP contribution in [-0.4, -0.2) is 33.0 Å². The van der Waals surface area contributed by atoms with Gasteiger partial charge in [-0.1, -0.05) is 50.5 Å². The molecule has 25 heavy (non-hydrogen) atoms. The van der Waals surface area contributed by atoms with Gasteiger partial charge in [0.2, 0.25) is 0 Å². The minimum absolute atomic E-state index is 0.193. The molecular weight excluding hydrogens is 316 g/mol. The molecule has 0 aromatic heterocycles. The zero-order valence-electron chi connectivity index (χ0n) is 15.9. The second kappa shape index (κ2) is 11.5. The highest BCUT2D eigenvalue weighted by molar-refractivity contribution is 5.66. The van der Waals surface area contributed by atoms with Crippen LogP contribution in [0.25, 0.3) is 0 Å². The molecule has 0 radical (unpaired) electrons. The van der Waals surface area contributed by atoms with Crippen molar-refractivity contribution in [2.45, 2.75) is 89.8 Å². The van der Waals surface area contributed by atoms with Crippen LogP contribution < -0.4 is 0 Å². The summed E-state index contributed by atoms with van der Waals surface area (Å²) >= 11 is 0. The Kier molecular flexibility index (Phi) is 10.1. The van der Waals surface area contributed by atoms with Crippen molar-refractivity contribution >= 4 is 5.97 Å². The molecule has 0 spiro atoms. The van der Waals surface area contributed by atoms with Crippen molar-refractivity contribution in [2.24, 2.45) is 11.8 Å². The zero-order valence-corrected chi connectivity index (χ0v) is 15.9. The lowest BCUT2D eigenvalue weighted by molar-refractivity contribution is -0.137. The average molecular weight is 353 g/mol. The molecule has 1 saturated carbocycles. The van der Waals surface area contributed by atoms with Crippen LogP contribution in [0.15, 0.2) is 24.3 Å². The second-order valence-electron chi connectivity index (χ2n) is 7.64. The minimum atomic E-state index is -0.764. The van der Waals surface area contributed by atoms with E-state index < -0.39 is 11.6 Å². The molecule has 1 rings (SSSR count). The SMILES string of the molecule is CCCCCC(C)(O)/C=C\C1CCC(O)C1C/C=C/CCCC(=O)O. The molecule has 0 aromatic carbocycles. The maximum atomic E-state index is 10.5. The predicted molar refractivity (Wildman–Crippen MR) is 101 cm³/mol. The number of carboxylic acid groups (broad SMARTS) is 1. The van der Waals surface area contributed by atoms with Crippen molar-refractivity contribution in [2.75, 3.05) is 0 Å². The second-order valence-corrected chi connectivity index (χ2v) is 7.64. The van der Waals surface area contributed by atoms with Crippen LogP contribution in [0.2, 0.25) is 0 Å². The highest BCUT2D eigenvalue weighted by Crippen LogP contribution is 2.36. The van der Waals surface area contributed by atoms with E-state index in [1.54, 1.807) is 0 Å². The zero-order chi connectivity index (χ0) is 18.7. The Morgan fingerprint density at radius 2 is 1.96 bits per heavy atom. The summed E-state index contributed by atoms with van der Waals surface area (Å²) in [6.45, 7) is 4.02. The highest BCUT2D eigenvalue weighted by atomic mass is 16.4. The van der Waals surface area contributed by atoms with Crippen LogP contribution in [0.1, 0.15) is 78.1 Å². The summed E-state index contributed by atoms with van der Waals surface area (Å²) in [5.74, 6) is -0.259. The average Bonchev–Trinajstić information content (AvgIpc) is 2.89. The molecule has 0 heterocycles. The Morgan fingerprint density at radius 3 is 2.64 bits per heavy atom. The maximum Gasteiger partial charge on any atom is 0.303 e. The molecule has 4 unspecified atom stereocenters. The standard InChI is InChI=1S/C21H36O4/c1-3-4-9-15-21(2,25)16-14-17-12-13-19(22)18(17)10-7-5-6-8-11-20(23)24/h5,7,14,16-19,22,25H,3-4,6,8-13,15H2,1-2H3,(H,23,24)/b7-5+,16-14-. The van der Waals surface area contributed by atoms with Crippen LogP contribution in [0.5, 0.6) is 0 Å². The summed E-state index contributed by atoms with van der Waals surface area (Å²) in [5, 5.41) is 29.3. The number of hydrogen-bond donors (Lipinski definition) is 3. The van der Waals surface area contributed by atoms with Crippen molar-refractivity contribution in [1.82, 2.24) is 0 Å². The number of allylic oxidation sites excluding steroid dienone is 3. The molecule has 0 bridgehead atoms. The summed E-state index contributed by atoms with van der Waals surface area (Å²) in [6, 6.07) is 0. The van der Waals surface area contributed by atoms with Crippen molar-refractivity contribution in [3.63, 3.8) is 0 Å². The third kappa shape index (κ3) is 9.22. The molecule has 0 aliphatic heterocycles. The van der Waals surface area contributed by atoms with E-state index in [0.717, 1.165) is 51.4 Å². The third-order valence-electron chi connectivity index (χ3n) is 5.17. The number of carbonyl (C=O) groups is 1. The first kappa shape index (κ1) is 21.9. The molecule has 3 N–H and O–H groups in total. The molecule has 4 heteroatoms. The monoisotopic (exact) mass is 352 g/mol. The van der Waals surface area contributed by atoms with Crippen LogP contribution in [0, 0.1) is 11.8 Å². The smallest absolute Gasteiger partial charge is 0.303 e. The van der Waals surface area contributed by atoms with Crippen LogP contribution >= 0.6 is 0 Å². The fourth-order valence-electron chi connectivity index (χ4n) is 3.54. The van der Waals surface area contributed by atoms with Gasteiger partial charge >= 0.3 is 5.97 Å². The topological polar surface area (TPSA) is 77.8 Å². The Hall–Kier alpha value is -1.13. The molecule has 4 nitrogen and oxygen atoms in total. The van der Waals surface area contributed by atoms with E-state index >= 15 is 0 Å². The summed E-state index contributed by atoms with van der Waals surface area (Å²) in [5.41, 5.74) is -0.764. The van der Waals surface area contributed by atoms with E-state index in [2.05, 4.69) is 19.1 Å². The van der Waals surface area contributed by atoms with Gasteiger partial charge in [-0.3, -0.25) is 4.79 Å². The third-order valence-corrected chi connectivity index (χ3v) is 5.17. The lowest BCUT2D eigenvalue weighted by Crippen LogP contribution is -2.22. The van der Waals surface area contributed by atoms with Gasteiger partial charge < -0.3 is 15.3 Å². The van der Waals surface area contributed by atoms with Gasteiger partial charge in [0.25, 0.3) is 0 Å². The first-order valence-electron chi connectivity index (χ1n) is 9.82. The van der Waals surface area contributed by atoms with Gasteiger partial charge in [0, 0.05) is 6.42 Å². The summed E-state index contributed by atoms with van der Waals surface area (Å²) in [6.07, 6.45) is 16.1. The number of aliphatic hydroxyl groups excluding tert-OH is 1. The van der Waals surface area contributed by atoms with E-state index in [1.807, 2.05) is 19.1 Å². The summed E-state index contributed by atoms with van der Waals surface area (Å²) < 4.78 is 0. The van der Waals surface area contributed by atoms with Crippen molar-refractivity contribution in [3.05, 3.63) is 24.3 Å². The van der Waals surface area contributed by atoms with Gasteiger partial charge in [0.05, 0.1) is 11.7 Å². The molecule has 1 fully saturated rings. The molecule has 1 aliphatic carbocycles. The van der Waals surface area contributed by atoms with Gasteiger partial charge in [-0.05, 0) is 57.3 Å². The Morgan fingerprint density at radius 1 is 1.20 bits per heavy atom. The number of hydrogen-bond acceptors (Lipinski definition) is 3. The number of aliphatic hydroxyl groups is 2. The molecule has 0 aromatic rings. The molecule has 0 amide bonds. The van der Waals surface area contributed by atoms with Gasteiger partial charge in [-0.25, -0.2) is 0 Å². The van der Waals surface area contributed by atoms with Crippen molar-refractivity contribution in [1.29, 1.82) is 0 Å². The van der Waals surface area contributed by atoms with Gasteiger partial charge in [-0.2, -0.15) is 0 Å². The fourth-order valence-corrected chi connectivity index (χ4v) is 3.54. The molecule has 144 valence electrons. The van der Waals surface area contributed by atoms with Crippen LogP contribution in [0.4, 0.5) is 0 Å². The Bertz CT molecular complexity index is 439. The van der Waals surface area contributed by atoms with Crippen LogP contribution in [0.3, 0.4) is 0 Å². The van der Waals surface area contributed by atoms with Crippen molar-refractivity contribution in [3.8, 4) is 0 Å². The van der Waals surface area contributed by atoms with E-state index in [0.29, 0.717) is 12.3 Å². The lowest BCUT2D eigenvalue weighted by atomic mass is 9.88. The largest absolute Gasteiger partial charge is 0.481 e. The molecule has 4 atom stereocenters. The number of unbranched alkanes of at least 4 members (excludes halogenated alkanes) is 3. The van der Waals surface area contributed by atoms with E-state index in [-0.39, 0.29) is 18.4 Å². The first-order valence-corrected chi connectivity index (χ1v) is 9.82. The molecular formula is C21H36O4. The Labute approximate surface area is 152 Å². The predicted octanol–water partition coefficient (Wildman–Crippen LogP) is 4.46. The molecule has 0 saturated heterocycles. The highest BCUT2D eigenvalue weighted by Gasteiger charge is 2.32. The number of rotatable bonds is 12. The first-order chi connectivity index (χ1) is 11.9. The van der Waals surface area contributed by atoms with Gasteiger partial charge in [0.15, 0.2) is 0 Å². The van der Waals surface area contributed by atoms with Gasteiger partial charge in [-0.15, -0.1) is 0 Å². The summed E-state index contributed by atoms with van der Waals surface area (Å²) in [4.78, 5) is 10.5. The minimum Gasteiger partial charge on any atom is -0.481 e. The Balaban J connectivity index is 2.45. The van der Waals surface area contributed by atoms with Crippen LogP contribution in [-0.2, 0) is 4.79 Å². The lowest BCUT2D eigenvalue weighted by Gasteiger charge is -2.22. The van der Waals surface area contributed by atoms with E-state index in [4.69, 9.17) is 5.11 Å². The maximum absolute atomic E-state index is 10.5. The normalized spacial score (nSPS) is 26.5. The van der Waals surface area contributed by atoms with E-state index in [9.17, 15) is 15.0 Å².